The van der Waals surface area contributed by atoms with Gasteiger partial charge in [0.1, 0.15) is 5.82 Å². The summed E-state index contributed by atoms with van der Waals surface area (Å²) in [4.78, 5) is 11.4. The fourth-order valence-electron chi connectivity index (χ4n) is 1.54. The molecule has 76 valence electrons. The number of aromatic nitrogens is 2. The molecule has 2 rings (SSSR count). The van der Waals surface area contributed by atoms with Crippen molar-refractivity contribution in [3.8, 4) is 0 Å². The Balaban J connectivity index is 1.78. The topological polar surface area (TPSA) is 67.0 Å². The molecule has 0 spiro atoms. The van der Waals surface area contributed by atoms with E-state index in [9.17, 15) is 4.79 Å². The van der Waals surface area contributed by atoms with Crippen molar-refractivity contribution >= 4 is 11.7 Å². The zero-order chi connectivity index (χ0) is 9.80. The molecule has 2 heterocycles. The van der Waals surface area contributed by atoms with Gasteiger partial charge in [0.15, 0.2) is 0 Å². The van der Waals surface area contributed by atoms with Crippen molar-refractivity contribution in [3.05, 3.63) is 12.3 Å². The van der Waals surface area contributed by atoms with Gasteiger partial charge in [0.2, 0.25) is 5.91 Å². The van der Waals surface area contributed by atoms with E-state index in [1.807, 2.05) is 0 Å². The monoisotopic (exact) mass is 195 g/mol. The van der Waals surface area contributed by atoms with Gasteiger partial charge >= 0.3 is 0 Å². The van der Waals surface area contributed by atoms with Crippen LogP contribution in [0.4, 0.5) is 5.82 Å². The first-order valence-corrected chi connectivity index (χ1v) is 4.75. The summed E-state index contributed by atoms with van der Waals surface area (Å²) in [7, 11) is 0. The molecule has 1 aromatic heterocycles. The maximum absolute atomic E-state index is 11.4. The minimum absolute atomic E-state index is 0.0267. The molecule has 1 aliphatic rings. The summed E-state index contributed by atoms with van der Waals surface area (Å²) in [5.41, 5.74) is 0. The standard InChI is InChI=1S/C9H13N3O2/c13-9(6-7-2-1-5-14-7)11-8-3-4-10-12-8/h3-4,7H,1-2,5-6H2,(H2,10,11,12,13). The summed E-state index contributed by atoms with van der Waals surface area (Å²) < 4.78 is 5.36. The Labute approximate surface area is 81.8 Å². The fraction of sp³-hybridized carbons (Fsp3) is 0.556. The van der Waals surface area contributed by atoms with Crippen LogP contribution in [0.25, 0.3) is 0 Å². The van der Waals surface area contributed by atoms with Gasteiger partial charge in [-0.15, -0.1) is 0 Å². The second-order valence-corrected chi connectivity index (χ2v) is 3.36. The van der Waals surface area contributed by atoms with E-state index in [0.717, 1.165) is 19.4 Å². The van der Waals surface area contributed by atoms with Crippen molar-refractivity contribution in [1.82, 2.24) is 10.2 Å². The lowest BCUT2D eigenvalue weighted by Crippen LogP contribution is -2.19. The molecule has 1 atom stereocenters. The van der Waals surface area contributed by atoms with Crippen LogP contribution in [0.3, 0.4) is 0 Å². The number of aromatic amines is 1. The first-order valence-electron chi connectivity index (χ1n) is 4.75. The van der Waals surface area contributed by atoms with Crippen LogP contribution in [-0.4, -0.2) is 28.8 Å². The molecule has 0 bridgehead atoms. The normalized spacial score (nSPS) is 21.0. The van der Waals surface area contributed by atoms with Gasteiger partial charge in [-0.05, 0) is 12.8 Å². The number of rotatable bonds is 3. The number of amides is 1. The van der Waals surface area contributed by atoms with Crippen LogP contribution in [0.2, 0.25) is 0 Å². The maximum atomic E-state index is 11.4. The molecular formula is C9H13N3O2. The van der Waals surface area contributed by atoms with E-state index in [4.69, 9.17) is 4.74 Å². The van der Waals surface area contributed by atoms with E-state index < -0.39 is 0 Å². The van der Waals surface area contributed by atoms with Gasteiger partial charge in [0, 0.05) is 12.7 Å². The smallest absolute Gasteiger partial charge is 0.228 e. The molecule has 5 nitrogen and oxygen atoms in total. The lowest BCUT2D eigenvalue weighted by Gasteiger charge is -2.08. The highest BCUT2D eigenvalue weighted by Gasteiger charge is 2.19. The SMILES string of the molecule is O=C(CC1CCCO1)Nc1ccn[nH]1. The van der Waals surface area contributed by atoms with Crippen LogP contribution in [0, 0.1) is 0 Å². The number of ether oxygens (including phenoxy) is 1. The minimum Gasteiger partial charge on any atom is -0.378 e. The third-order valence-electron chi connectivity index (χ3n) is 2.21. The van der Waals surface area contributed by atoms with Crippen LogP contribution in [0.15, 0.2) is 12.3 Å². The van der Waals surface area contributed by atoms with Crippen molar-refractivity contribution in [3.63, 3.8) is 0 Å². The summed E-state index contributed by atoms with van der Waals surface area (Å²) in [5.74, 6) is 0.606. The summed E-state index contributed by atoms with van der Waals surface area (Å²) >= 11 is 0. The summed E-state index contributed by atoms with van der Waals surface area (Å²) in [5, 5.41) is 9.12. The molecule has 0 aliphatic carbocycles. The van der Waals surface area contributed by atoms with E-state index >= 15 is 0 Å². The highest BCUT2D eigenvalue weighted by atomic mass is 16.5. The summed E-state index contributed by atoms with van der Waals surface area (Å²) in [6.45, 7) is 0.780. The number of nitrogens with one attached hydrogen (secondary N) is 2. The fourth-order valence-corrected chi connectivity index (χ4v) is 1.54. The van der Waals surface area contributed by atoms with Gasteiger partial charge in [0.05, 0.1) is 18.7 Å². The van der Waals surface area contributed by atoms with E-state index in [0.29, 0.717) is 12.2 Å². The van der Waals surface area contributed by atoms with Crippen LogP contribution >= 0.6 is 0 Å². The number of nitrogens with zero attached hydrogens (tertiary/aromatic N) is 1. The quantitative estimate of drug-likeness (QED) is 0.753. The van der Waals surface area contributed by atoms with Gasteiger partial charge < -0.3 is 10.1 Å². The van der Waals surface area contributed by atoms with Crippen LogP contribution in [-0.2, 0) is 9.53 Å². The van der Waals surface area contributed by atoms with Gasteiger partial charge in [-0.1, -0.05) is 0 Å². The highest BCUT2D eigenvalue weighted by Crippen LogP contribution is 2.15. The minimum atomic E-state index is -0.0267. The molecule has 1 aromatic rings. The lowest BCUT2D eigenvalue weighted by molar-refractivity contribution is -0.118. The Morgan fingerprint density at radius 2 is 2.71 bits per heavy atom. The first-order chi connectivity index (χ1) is 6.84. The van der Waals surface area contributed by atoms with Gasteiger partial charge in [0.25, 0.3) is 0 Å². The van der Waals surface area contributed by atoms with Crippen molar-refractivity contribution < 1.29 is 9.53 Å². The first kappa shape index (κ1) is 9.21. The predicted molar refractivity (Wildman–Crippen MR) is 50.8 cm³/mol. The number of carbonyl (C=O) groups is 1. The van der Waals surface area contributed by atoms with E-state index in [-0.39, 0.29) is 12.0 Å². The third kappa shape index (κ3) is 2.32. The van der Waals surface area contributed by atoms with Crippen molar-refractivity contribution in [2.75, 3.05) is 11.9 Å². The second kappa shape index (κ2) is 4.23. The predicted octanol–water partition coefficient (Wildman–Crippen LogP) is 0.917. The molecule has 5 heteroatoms. The Bertz CT molecular complexity index is 291. The second-order valence-electron chi connectivity index (χ2n) is 3.36. The number of H-pyrrole nitrogens is 1. The molecule has 1 amide bonds. The van der Waals surface area contributed by atoms with Crippen LogP contribution in [0.5, 0.6) is 0 Å². The summed E-state index contributed by atoms with van der Waals surface area (Å²) in [6.07, 6.45) is 4.16. The number of hydrogen-bond acceptors (Lipinski definition) is 3. The highest BCUT2D eigenvalue weighted by molar-refractivity contribution is 5.89. The van der Waals surface area contributed by atoms with Gasteiger partial charge in [-0.2, -0.15) is 5.10 Å². The zero-order valence-corrected chi connectivity index (χ0v) is 7.82. The Morgan fingerprint density at radius 3 is 3.36 bits per heavy atom. The third-order valence-corrected chi connectivity index (χ3v) is 2.21. The molecule has 2 N–H and O–H groups in total. The number of carbonyl (C=O) groups excluding carboxylic acids is 1. The Morgan fingerprint density at radius 1 is 1.79 bits per heavy atom. The lowest BCUT2D eigenvalue weighted by atomic mass is 10.2. The van der Waals surface area contributed by atoms with Gasteiger partial charge in [-0.3, -0.25) is 9.89 Å². The average Bonchev–Trinajstić information content (AvgIpc) is 2.76. The molecule has 0 saturated carbocycles. The van der Waals surface area contributed by atoms with Gasteiger partial charge in [-0.25, -0.2) is 0 Å². The maximum Gasteiger partial charge on any atom is 0.228 e. The number of hydrogen-bond donors (Lipinski definition) is 2. The summed E-state index contributed by atoms with van der Waals surface area (Å²) in [6, 6.07) is 1.72. The van der Waals surface area contributed by atoms with Crippen molar-refractivity contribution in [2.24, 2.45) is 0 Å². The molecule has 1 fully saturated rings. The molecular weight excluding hydrogens is 182 g/mol. The van der Waals surface area contributed by atoms with Crippen molar-refractivity contribution in [2.45, 2.75) is 25.4 Å². The molecule has 0 radical (unpaired) electrons. The molecule has 1 unspecified atom stereocenters. The van der Waals surface area contributed by atoms with Crippen LogP contribution < -0.4 is 5.32 Å². The van der Waals surface area contributed by atoms with Crippen molar-refractivity contribution in [1.29, 1.82) is 0 Å². The number of anilines is 1. The van der Waals surface area contributed by atoms with E-state index in [1.165, 1.54) is 0 Å². The Kier molecular flexibility index (Phi) is 2.78. The van der Waals surface area contributed by atoms with E-state index in [1.54, 1.807) is 12.3 Å². The molecule has 1 aliphatic heterocycles. The molecule has 1 saturated heterocycles. The van der Waals surface area contributed by atoms with Crippen LogP contribution in [0.1, 0.15) is 19.3 Å². The largest absolute Gasteiger partial charge is 0.378 e. The average molecular weight is 195 g/mol. The molecule has 0 aromatic carbocycles. The van der Waals surface area contributed by atoms with E-state index in [2.05, 4.69) is 15.5 Å². The zero-order valence-electron chi connectivity index (χ0n) is 7.82. The Hall–Kier alpha value is -1.36. The molecule has 14 heavy (non-hydrogen) atoms.